The first kappa shape index (κ1) is 9.40. The summed E-state index contributed by atoms with van der Waals surface area (Å²) in [6, 6.07) is 5.74. The molecule has 0 fully saturated rings. The molecule has 3 nitrogen and oxygen atoms in total. The molecule has 0 saturated carbocycles. The van der Waals surface area contributed by atoms with Crippen molar-refractivity contribution in [3.8, 4) is 11.8 Å². The van der Waals surface area contributed by atoms with E-state index in [1.807, 2.05) is 19.1 Å². The van der Waals surface area contributed by atoms with Gasteiger partial charge in [0.25, 0.3) is 0 Å². The molecule has 0 saturated heterocycles. The summed E-state index contributed by atoms with van der Waals surface area (Å²) in [5, 5.41) is 8.55. The molecule has 13 heavy (non-hydrogen) atoms. The van der Waals surface area contributed by atoms with E-state index in [1.54, 1.807) is 7.11 Å². The third kappa shape index (κ3) is 1.91. The van der Waals surface area contributed by atoms with Crippen LogP contribution in [-0.2, 0) is 6.42 Å². The van der Waals surface area contributed by atoms with E-state index >= 15 is 0 Å². The molecule has 1 rings (SSSR count). The van der Waals surface area contributed by atoms with Gasteiger partial charge in [0, 0.05) is 0 Å². The molecule has 0 aromatic heterocycles. The van der Waals surface area contributed by atoms with Crippen LogP contribution in [0.2, 0.25) is 0 Å². The fourth-order valence-corrected chi connectivity index (χ4v) is 1.20. The topological polar surface area (TPSA) is 59.0 Å². The highest BCUT2D eigenvalue weighted by Gasteiger charge is 2.04. The number of nitriles is 1. The van der Waals surface area contributed by atoms with Crippen LogP contribution >= 0.6 is 0 Å². The maximum absolute atomic E-state index is 8.55. The maximum atomic E-state index is 8.55. The Morgan fingerprint density at radius 1 is 1.54 bits per heavy atom. The van der Waals surface area contributed by atoms with Gasteiger partial charge in [-0.25, -0.2) is 0 Å². The number of nitrogen functional groups attached to an aromatic ring is 1. The Hall–Kier alpha value is -1.69. The highest BCUT2D eigenvalue weighted by atomic mass is 16.5. The number of aryl methyl sites for hydroxylation is 1. The van der Waals surface area contributed by atoms with Crippen LogP contribution in [0.25, 0.3) is 0 Å². The van der Waals surface area contributed by atoms with Crippen LogP contribution in [0.5, 0.6) is 5.75 Å². The van der Waals surface area contributed by atoms with Gasteiger partial charge in [-0.3, -0.25) is 0 Å². The van der Waals surface area contributed by atoms with Crippen molar-refractivity contribution in [2.24, 2.45) is 0 Å². The van der Waals surface area contributed by atoms with E-state index in [-0.39, 0.29) is 0 Å². The lowest BCUT2D eigenvalue weighted by molar-refractivity contribution is 0.416. The van der Waals surface area contributed by atoms with Crippen LogP contribution in [0, 0.1) is 18.3 Å². The lowest BCUT2D eigenvalue weighted by Crippen LogP contribution is -1.96. The first-order valence-corrected chi connectivity index (χ1v) is 3.99. The smallest absolute Gasteiger partial charge is 0.142 e. The highest BCUT2D eigenvalue weighted by Crippen LogP contribution is 2.25. The van der Waals surface area contributed by atoms with E-state index < -0.39 is 0 Å². The molecule has 0 aliphatic carbocycles. The summed E-state index contributed by atoms with van der Waals surface area (Å²) in [5.41, 5.74) is 8.30. The fraction of sp³-hybridized carbons (Fsp3) is 0.300. The molecule has 1 aromatic rings. The van der Waals surface area contributed by atoms with Crippen LogP contribution < -0.4 is 10.5 Å². The van der Waals surface area contributed by atoms with Crippen LogP contribution in [0.4, 0.5) is 5.69 Å². The normalized spacial score (nSPS) is 9.31. The number of nitrogens with two attached hydrogens (primary N) is 1. The number of hydrogen-bond donors (Lipinski definition) is 1. The molecule has 2 N–H and O–H groups in total. The lowest BCUT2D eigenvalue weighted by atomic mass is 10.1. The Morgan fingerprint density at radius 3 is 2.77 bits per heavy atom. The van der Waals surface area contributed by atoms with Crippen molar-refractivity contribution < 1.29 is 4.74 Å². The standard InChI is InChI=1S/C10H12N2O/c1-7-5-9(12)10(13-2)6-8(7)3-4-11/h5-6H,3,12H2,1-2H3. The summed E-state index contributed by atoms with van der Waals surface area (Å²) in [7, 11) is 1.57. The van der Waals surface area contributed by atoms with E-state index in [1.165, 1.54) is 0 Å². The van der Waals surface area contributed by atoms with Crippen molar-refractivity contribution in [2.45, 2.75) is 13.3 Å². The third-order valence-electron chi connectivity index (χ3n) is 1.96. The molecule has 0 bridgehead atoms. The largest absolute Gasteiger partial charge is 0.495 e. The fourth-order valence-electron chi connectivity index (χ4n) is 1.20. The average molecular weight is 176 g/mol. The van der Waals surface area contributed by atoms with Gasteiger partial charge in [-0.15, -0.1) is 0 Å². The zero-order valence-electron chi connectivity index (χ0n) is 7.79. The zero-order valence-corrected chi connectivity index (χ0v) is 7.79. The highest BCUT2D eigenvalue weighted by molar-refractivity contribution is 5.57. The van der Waals surface area contributed by atoms with Crippen LogP contribution in [-0.4, -0.2) is 7.11 Å². The second-order valence-corrected chi connectivity index (χ2v) is 2.86. The number of methoxy groups -OCH3 is 1. The predicted octanol–water partition coefficient (Wildman–Crippen LogP) is 1.65. The van der Waals surface area contributed by atoms with Gasteiger partial charge >= 0.3 is 0 Å². The maximum Gasteiger partial charge on any atom is 0.142 e. The monoisotopic (exact) mass is 176 g/mol. The summed E-state index contributed by atoms with van der Waals surface area (Å²) in [6.45, 7) is 1.93. The van der Waals surface area contributed by atoms with Crippen molar-refractivity contribution in [1.29, 1.82) is 5.26 Å². The second kappa shape index (κ2) is 3.81. The summed E-state index contributed by atoms with van der Waals surface area (Å²) in [6.07, 6.45) is 0.391. The number of benzene rings is 1. The van der Waals surface area contributed by atoms with Gasteiger partial charge in [0.1, 0.15) is 5.75 Å². The van der Waals surface area contributed by atoms with Crippen molar-refractivity contribution >= 4 is 5.69 Å². The van der Waals surface area contributed by atoms with Gasteiger partial charge in [-0.05, 0) is 30.2 Å². The van der Waals surface area contributed by atoms with Gasteiger partial charge in [-0.1, -0.05) is 0 Å². The quantitative estimate of drug-likeness (QED) is 0.697. The van der Waals surface area contributed by atoms with Crippen molar-refractivity contribution in [1.82, 2.24) is 0 Å². The molecule has 68 valence electrons. The van der Waals surface area contributed by atoms with Crippen LogP contribution in [0.1, 0.15) is 11.1 Å². The van der Waals surface area contributed by atoms with Gasteiger partial charge in [0.2, 0.25) is 0 Å². The lowest BCUT2D eigenvalue weighted by Gasteiger charge is -2.08. The van der Waals surface area contributed by atoms with E-state index in [9.17, 15) is 0 Å². The van der Waals surface area contributed by atoms with E-state index in [0.29, 0.717) is 17.9 Å². The van der Waals surface area contributed by atoms with Crippen LogP contribution in [0.15, 0.2) is 12.1 Å². The van der Waals surface area contributed by atoms with Crippen LogP contribution in [0.3, 0.4) is 0 Å². The molecular weight excluding hydrogens is 164 g/mol. The van der Waals surface area contributed by atoms with Crippen molar-refractivity contribution in [2.75, 3.05) is 12.8 Å². The van der Waals surface area contributed by atoms with Gasteiger partial charge in [-0.2, -0.15) is 5.26 Å². The minimum atomic E-state index is 0.391. The number of nitrogens with zero attached hydrogens (tertiary/aromatic N) is 1. The molecule has 3 heteroatoms. The number of rotatable bonds is 2. The summed E-state index contributed by atoms with van der Waals surface area (Å²) < 4.78 is 5.05. The summed E-state index contributed by atoms with van der Waals surface area (Å²) in [5.74, 6) is 0.635. The van der Waals surface area contributed by atoms with E-state index in [0.717, 1.165) is 11.1 Å². The molecule has 0 spiro atoms. The van der Waals surface area contributed by atoms with Crippen molar-refractivity contribution in [3.05, 3.63) is 23.3 Å². The third-order valence-corrected chi connectivity index (χ3v) is 1.96. The first-order chi connectivity index (χ1) is 6.19. The van der Waals surface area contributed by atoms with Gasteiger partial charge in [0.15, 0.2) is 0 Å². The second-order valence-electron chi connectivity index (χ2n) is 2.86. The Morgan fingerprint density at radius 2 is 2.23 bits per heavy atom. The van der Waals surface area contributed by atoms with Gasteiger partial charge in [0.05, 0.1) is 25.3 Å². The number of ether oxygens (including phenoxy) is 1. The first-order valence-electron chi connectivity index (χ1n) is 3.99. The molecule has 0 unspecified atom stereocenters. The Kier molecular flexibility index (Phi) is 2.76. The predicted molar refractivity (Wildman–Crippen MR) is 51.5 cm³/mol. The summed E-state index contributed by atoms with van der Waals surface area (Å²) >= 11 is 0. The molecule has 0 atom stereocenters. The molecular formula is C10H12N2O. The molecule has 0 amide bonds. The average Bonchev–Trinajstić information content (AvgIpc) is 2.10. The van der Waals surface area contributed by atoms with E-state index in [2.05, 4.69) is 6.07 Å². The zero-order chi connectivity index (χ0) is 9.84. The van der Waals surface area contributed by atoms with Gasteiger partial charge < -0.3 is 10.5 Å². The molecule has 0 radical (unpaired) electrons. The van der Waals surface area contributed by atoms with Crippen molar-refractivity contribution in [3.63, 3.8) is 0 Å². The van der Waals surface area contributed by atoms with E-state index in [4.69, 9.17) is 15.7 Å². The molecule has 1 aromatic carbocycles. The number of hydrogen-bond acceptors (Lipinski definition) is 3. The summed E-state index contributed by atoms with van der Waals surface area (Å²) in [4.78, 5) is 0. The number of anilines is 1. The Labute approximate surface area is 77.7 Å². The molecule has 0 aliphatic heterocycles. The Bertz CT molecular complexity index is 353. The minimum absolute atomic E-state index is 0.391. The molecule has 0 heterocycles. The minimum Gasteiger partial charge on any atom is -0.495 e. The Balaban J connectivity index is 3.16. The molecule has 0 aliphatic rings. The SMILES string of the molecule is COc1cc(CC#N)c(C)cc1N.